The molecule has 2 aliphatic rings. The van der Waals surface area contributed by atoms with Crippen LogP contribution < -0.4 is 0 Å². The first-order valence-corrected chi connectivity index (χ1v) is 6.56. The molecule has 0 unspecified atom stereocenters. The summed E-state index contributed by atoms with van der Waals surface area (Å²) in [5.74, 6) is 0. The van der Waals surface area contributed by atoms with Crippen molar-refractivity contribution in [3.63, 3.8) is 0 Å². The van der Waals surface area contributed by atoms with Crippen molar-refractivity contribution in [2.75, 3.05) is 6.61 Å². The van der Waals surface area contributed by atoms with E-state index in [1.807, 2.05) is 30.3 Å². The lowest BCUT2D eigenvalue weighted by molar-refractivity contribution is -0.296. The molecular formula is C15H18O4. The number of hydrogen-bond acceptors (Lipinski definition) is 4. The fourth-order valence-electron chi connectivity index (χ4n) is 2.57. The molecule has 102 valence electrons. The van der Waals surface area contributed by atoms with E-state index in [2.05, 4.69) is 6.58 Å². The molecule has 3 rings (SSSR count). The standard InChI is InChI=1S/C15H18O4/c1-2-12-11(16)8-13-14(18-12)9-17-15(19-13)10-6-4-3-5-7-10/h2-7,11-16H,1,8-9H2/t11-,12+,13+,14-,15-/m1/s1. The number of rotatable bonds is 2. The van der Waals surface area contributed by atoms with Crippen molar-refractivity contribution in [2.24, 2.45) is 0 Å². The molecule has 0 amide bonds. The van der Waals surface area contributed by atoms with Crippen LogP contribution in [0.1, 0.15) is 18.3 Å². The van der Waals surface area contributed by atoms with E-state index in [1.165, 1.54) is 0 Å². The minimum atomic E-state index is -0.562. The van der Waals surface area contributed by atoms with Gasteiger partial charge in [-0.2, -0.15) is 0 Å². The molecule has 1 aromatic rings. The Morgan fingerprint density at radius 3 is 2.68 bits per heavy atom. The van der Waals surface area contributed by atoms with E-state index >= 15 is 0 Å². The number of fused-ring (bicyclic) bond motifs is 1. The Morgan fingerprint density at radius 2 is 1.95 bits per heavy atom. The minimum absolute atomic E-state index is 0.133. The molecular weight excluding hydrogens is 244 g/mol. The van der Waals surface area contributed by atoms with Gasteiger partial charge in [0.2, 0.25) is 0 Å². The summed E-state index contributed by atoms with van der Waals surface area (Å²) in [4.78, 5) is 0. The van der Waals surface area contributed by atoms with Gasteiger partial charge in [0.05, 0.1) is 18.8 Å². The van der Waals surface area contributed by atoms with E-state index in [4.69, 9.17) is 14.2 Å². The molecule has 4 nitrogen and oxygen atoms in total. The predicted molar refractivity (Wildman–Crippen MR) is 69.5 cm³/mol. The molecule has 4 heteroatoms. The van der Waals surface area contributed by atoms with Crippen molar-refractivity contribution in [1.29, 1.82) is 0 Å². The van der Waals surface area contributed by atoms with Crippen molar-refractivity contribution < 1.29 is 19.3 Å². The Labute approximate surface area is 112 Å². The molecule has 0 radical (unpaired) electrons. The monoisotopic (exact) mass is 262 g/mol. The molecule has 5 atom stereocenters. The maximum absolute atomic E-state index is 9.95. The molecule has 0 saturated carbocycles. The lowest BCUT2D eigenvalue weighted by atomic mass is 9.97. The van der Waals surface area contributed by atoms with Gasteiger partial charge in [0.15, 0.2) is 6.29 Å². The van der Waals surface area contributed by atoms with Gasteiger partial charge in [-0.1, -0.05) is 36.4 Å². The molecule has 0 aliphatic carbocycles. The molecule has 19 heavy (non-hydrogen) atoms. The fraction of sp³-hybridized carbons (Fsp3) is 0.467. The Kier molecular flexibility index (Phi) is 3.66. The zero-order chi connectivity index (χ0) is 13.2. The second-order valence-corrected chi connectivity index (χ2v) is 4.93. The highest BCUT2D eigenvalue weighted by atomic mass is 16.7. The van der Waals surface area contributed by atoms with Crippen molar-refractivity contribution in [3.05, 3.63) is 48.6 Å². The predicted octanol–water partition coefficient (Wildman–Crippen LogP) is 1.81. The average molecular weight is 262 g/mol. The van der Waals surface area contributed by atoms with Gasteiger partial charge in [-0.3, -0.25) is 0 Å². The first-order valence-electron chi connectivity index (χ1n) is 6.56. The summed E-state index contributed by atoms with van der Waals surface area (Å²) in [6, 6.07) is 9.80. The van der Waals surface area contributed by atoms with E-state index < -0.39 is 6.10 Å². The molecule has 2 saturated heterocycles. The summed E-state index contributed by atoms with van der Waals surface area (Å²) in [6.07, 6.45) is 0.642. The lowest BCUT2D eigenvalue weighted by Crippen LogP contribution is -2.52. The Hall–Kier alpha value is -1.20. The number of hydrogen-bond donors (Lipinski definition) is 1. The maximum Gasteiger partial charge on any atom is 0.184 e. The van der Waals surface area contributed by atoms with Crippen molar-refractivity contribution >= 4 is 0 Å². The van der Waals surface area contributed by atoms with Crippen LogP contribution >= 0.6 is 0 Å². The average Bonchev–Trinajstić information content (AvgIpc) is 2.47. The molecule has 2 aliphatic heterocycles. The first-order chi connectivity index (χ1) is 9.28. The van der Waals surface area contributed by atoms with Crippen molar-refractivity contribution in [3.8, 4) is 0 Å². The number of aliphatic hydroxyl groups excluding tert-OH is 1. The number of aliphatic hydroxyl groups is 1. The molecule has 2 heterocycles. The second-order valence-electron chi connectivity index (χ2n) is 4.93. The van der Waals surface area contributed by atoms with Gasteiger partial charge < -0.3 is 19.3 Å². The van der Waals surface area contributed by atoms with E-state index in [0.29, 0.717) is 13.0 Å². The number of ether oxygens (including phenoxy) is 3. The molecule has 1 N–H and O–H groups in total. The number of benzene rings is 1. The first kappa shape index (κ1) is 12.8. The van der Waals surface area contributed by atoms with Crippen LogP contribution in [0.25, 0.3) is 0 Å². The van der Waals surface area contributed by atoms with Crippen LogP contribution in [0.4, 0.5) is 0 Å². The molecule has 2 fully saturated rings. The third-order valence-electron chi connectivity index (χ3n) is 3.61. The van der Waals surface area contributed by atoms with E-state index in [-0.39, 0.29) is 24.6 Å². The maximum atomic E-state index is 9.95. The van der Waals surface area contributed by atoms with Crippen LogP contribution in [0.15, 0.2) is 43.0 Å². The van der Waals surface area contributed by atoms with Gasteiger partial charge in [0, 0.05) is 12.0 Å². The summed E-state index contributed by atoms with van der Waals surface area (Å²) in [7, 11) is 0. The molecule has 0 bridgehead atoms. The van der Waals surface area contributed by atoms with Crippen molar-refractivity contribution in [2.45, 2.75) is 37.1 Å². The highest BCUT2D eigenvalue weighted by Crippen LogP contribution is 2.33. The summed E-state index contributed by atoms with van der Waals surface area (Å²) < 4.78 is 17.3. The second kappa shape index (κ2) is 5.43. The van der Waals surface area contributed by atoms with Crippen LogP contribution in [-0.2, 0) is 14.2 Å². The largest absolute Gasteiger partial charge is 0.390 e. The van der Waals surface area contributed by atoms with Gasteiger partial charge in [-0.25, -0.2) is 0 Å². The smallest absolute Gasteiger partial charge is 0.184 e. The Balaban J connectivity index is 1.69. The molecule has 0 aromatic heterocycles. The van der Waals surface area contributed by atoms with Gasteiger partial charge >= 0.3 is 0 Å². The lowest BCUT2D eigenvalue weighted by Gasteiger charge is -2.43. The van der Waals surface area contributed by atoms with E-state index in [9.17, 15) is 5.11 Å². The molecule has 1 aromatic carbocycles. The third-order valence-corrected chi connectivity index (χ3v) is 3.61. The highest BCUT2D eigenvalue weighted by Gasteiger charge is 2.41. The summed E-state index contributed by atoms with van der Waals surface area (Å²) in [5, 5.41) is 9.95. The quantitative estimate of drug-likeness (QED) is 0.826. The highest BCUT2D eigenvalue weighted by molar-refractivity contribution is 5.16. The van der Waals surface area contributed by atoms with Crippen LogP contribution in [0.5, 0.6) is 0 Å². The van der Waals surface area contributed by atoms with Crippen molar-refractivity contribution in [1.82, 2.24) is 0 Å². The van der Waals surface area contributed by atoms with E-state index in [1.54, 1.807) is 6.08 Å². The minimum Gasteiger partial charge on any atom is -0.390 e. The normalized spacial score (nSPS) is 38.5. The third kappa shape index (κ3) is 2.58. The van der Waals surface area contributed by atoms with Crippen LogP contribution in [0.2, 0.25) is 0 Å². The SMILES string of the molecule is C=C[C@@H]1O[C@@H]2CO[C@@H](c3ccccc3)O[C@H]2C[C@H]1O. The Morgan fingerprint density at radius 1 is 1.16 bits per heavy atom. The van der Waals surface area contributed by atoms with Gasteiger partial charge in [0.1, 0.15) is 12.2 Å². The zero-order valence-corrected chi connectivity index (χ0v) is 10.6. The summed E-state index contributed by atoms with van der Waals surface area (Å²) >= 11 is 0. The summed E-state index contributed by atoms with van der Waals surface area (Å²) in [5.41, 5.74) is 0.987. The molecule has 0 spiro atoms. The van der Waals surface area contributed by atoms with Gasteiger partial charge in [-0.15, -0.1) is 6.58 Å². The fourth-order valence-corrected chi connectivity index (χ4v) is 2.57. The Bertz CT molecular complexity index is 433. The zero-order valence-electron chi connectivity index (χ0n) is 10.6. The summed E-state index contributed by atoms with van der Waals surface area (Å²) in [6.45, 7) is 4.14. The van der Waals surface area contributed by atoms with Gasteiger partial charge in [-0.05, 0) is 0 Å². The van der Waals surface area contributed by atoms with Crippen LogP contribution in [-0.4, -0.2) is 36.1 Å². The topological polar surface area (TPSA) is 47.9 Å². The van der Waals surface area contributed by atoms with Crippen LogP contribution in [0.3, 0.4) is 0 Å². The van der Waals surface area contributed by atoms with E-state index in [0.717, 1.165) is 5.56 Å². The van der Waals surface area contributed by atoms with Gasteiger partial charge in [0.25, 0.3) is 0 Å². The van der Waals surface area contributed by atoms with Crippen LogP contribution in [0, 0.1) is 0 Å².